The van der Waals surface area contributed by atoms with E-state index in [0.29, 0.717) is 6.54 Å². The number of nitrogens with one attached hydrogen (secondary N) is 1. The molecule has 0 aliphatic carbocycles. The van der Waals surface area contributed by atoms with Crippen molar-refractivity contribution in [1.82, 2.24) is 0 Å². The van der Waals surface area contributed by atoms with E-state index in [1.165, 1.54) is 11.1 Å². The zero-order valence-corrected chi connectivity index (χ0v) is 17.0. The molecule has 2 aromatic carbocycles. The number of ether oxygens (including phenoxy) is 1. The van der Waals surface area contributed by atoms with Crippen LogP contribution in [-0.4, -0.2) is 50.7 Å². The minimum atomic E-state index is 0.277. The van der Waals surface area contributed by atoms with Gasteiger partial charge in [-0.05, 0) is 31.5 Å². The molecule has 1 saturated heterocycles. The van der Waals surface area contributed by atoms with Gasteiger partial charge in [0.1, 0.15) is 25.4 Å². The molecule has 0 spiro atoms. The second-order valence-electron chi connectivity index (χ2n) is 7.19. The summed E-state index contributed by atoms with van der Waals surface area (Å²) in [4.78, 5) is 8.38. The van der Waals surface area contributed by atoms with Gasteiger partial charge in [0.15, 0.2) is 0 Å². The maximum atomic E-state index is 10.4. The van der Waals surface area contributed by atoms with Crippen molar-refractivity contribution in [3.8, 4) is 5.75 Å². The van der Waals surface area contributed by atoms with Gasteiger partial charge >= 0.3 is 0 Å². The molecule has 0 radical (unpaired) electrons. The Morgan fingerprint density at radius 2 is 1.79 bits per heavy atom. The van der Waals surface area contributed by atoms with Gasteiger partial charge in [0.2, 0.25) is 0 Å². The zero-order chi connectivity index (χ0) is 19.8. The number of phenolic OH excluding ortho intramolecular Hbond substituents is 1. The lowest BCUT2D eigenvalue weighted by atomic mass is 10.1. The van der Waals surface area contributed by atoms with Gasteiger partial charge in [-0.3, -0.25) is 4.99 Å². The molecule has 28 heavy (non-hydrogen) atoms. The summed E-state index contributed by atoms with van der Waals surface area (Å²) in [5, 5.41) is 10.4. The normalized spacial score (nSPS) is 15.2. The fourth-order valence-electron chi connectivity index (χ4n) is 3.66. The predicted octanol–water partition coefficient (Wildman–Crippen LogP) is 2.27. The highest BCUT2D eigenvalue weighted by atomic mass is 16.5. The molecule has 2 N–H and O–H groups in total. The van der Waals surface area contributed by atoms with E-state index in [1.54, 1.807) is 11.1 Å². The lowest BCUT2D eigenvalue weighted by molar-refractivity contribution is -0.921. The van der Waals surface area contributed by atoms with Crippen molar-refractivity contribution in [1.29, 1.82) is 0 Å². The Hall–Kier alpha value is -2.37. The monoisotopic (exact) mass is 382 g/mol. The standard InChI is InChI=1S/C23H31N3O2/c1-3-26(4-2)22-10-9-20(23(27)15-22)17-24-16-19-7-5-6-8-21(19)18-25-11-13-28-14-12-25/h5-10,15,17,27H,3-4,11-14,16,18H2,1-2H3/p+1. The maximum absolute atomic E-state index is 10.4. The van der Waals surface area contributed by atoms with Crippen LogP contribution in [0.2, 0.25) is 0 Å². The average Bonchev–Trinajstić information content (AvgIpc) is 2.72. The molecule has 0 amide bonds. The van der Waals surface area contributed by atoms with Gasteiger partial charge in [-0.25, -0.2) is 0 Å². The first-order valence-corrected chi connectivity index (χ1v) is 10.3. The van der Waals surface area contributed by atoms with Crippen molar-refractivity contribution >= 4 is 11.9 Å². The molecule has 1 aliphatic heterocycles. The van der Waals surface area contributed by atoms with Crippen molar-refractivity contribution < 1.29 is 14.7 Å². The quantitative estimate of drug-likeness (QED) is 0.689. The predicted molar refractivity (Wildman–Crippen MR) is 115 cm³/mol. The Morgan fingerprint density at radius 1 is 1.07 bits per heavy atom. The van der Waals surface area contributed by atoms with Gasteiger partial charge in [0.25, 0.3) is 0 Å². The molecule has 0 saturated carbocycles. The van der Waals surface area contributed by atoms with E-state index in [9.17, 15) is 5.11 Å². The first-order valence-electron chi connectivity index (χ1n) is 10.3. The third-order valence-corrected chi connectivity index (χ3v) is 5.39. The van der Waals surface area contributed by atoms with Crippen molar-refractivity contribution in [2.75, 3.05) is 44.3 Å². The van der Waals surface area contributed by atoms with Crippen LogP contribution in [-0.2, 0) is 17.8 Å². The molecular weight excluding hydrogens is 350 g/mol. The molecule has 0 aromatic heterocycles. The third-order valence-electron chi connectivity index (χ3n) is 5.39. The minimum absolute atomic E-state index is 0.277. The number of aliphatic imine (C=N–C) groups is 1. The van der Waals surface area contributed by atoms with Crippen LogP contribution >= 0.6 is 0 Å². The van der Waals surface area contributed by atoms with Crippen LogP contribution in [0.15, 0.2) is 47.5 Å². The topological polar surface area (TPSA) is 49.5 Å². The van der Waals surface area contributed by atoms with Gasteiger partial charge in [0, 0.05) is 42.2 Å². The number of quaternary nitrogens is 1. The molecule has 0 atom stereocenters. The Bertz CT molecular complexity index is 781. The maximum Gasteiger partial charge on any atom is 0.126 e. The third kappa shape index (κ3) is 5.33. The van der Waals surface area contributed by atoms with Crippen molar-refractivity contribution in [2.45, 2.75) is 26.9 Å². The number of hydrogen-bond acceptors (Lipinski definition) is 4. The zero-order valence-electron chi connectivity index (χ0n) is 17.0. The molecule has 5 nitrogen and oxygen atoms in total. The van der Waals surface area contributed by atoms with E-state index < -0.39 is 0 Å². The number of phenols is 1. The summed E-state index contributed by atoms with van der Waals surface area (Å²) >= 11 is 0. The van der Waals surface area contributed by atoms with Crippen LogP contribution < -0.4 is 9.80 Å². The summed E-state index contributed by atoms with van der Waals surface area (Å²) in [7, 11) is 0. The van der Waals surface area contributed by atoms with Crippen LogP contribution in [0.25, 0.3) is 0 Å². The molecule has 1 heterocycles. The van der Waals surface area contributed by atoms with Crippen LogP contribution in [0.5, 0.6) is 5.75 Å². The second-order valence-corrected chi connectivity index (χ2v) is 7.19. The number of morpholine rings is 1. The van der Waals surface area contributed by atoms with Gasteiger partial charge in [-0.15, -0.1) is 0 Å². The Morgan fingerprint density at radius 3 is 2.46 bits per heavy atom. The SMILES string of the molecule is CCN(CC)c1ccc(C=NCc2ccccc2C[NH+]2CCOCC2)c(O)c1. The molecule has 5 heteroatoms. The van der Waals surface area contributed by atoms with E-state index in [-0.39, 0.29) is 5.75 Å². The van der Waals surface area contributed by atoms with E-state index in [1.807, 2.05) is 18.2 Å². The fourth-order valence-corrected chi connectivity index (χ4v) is 3.66. The van der Waals surface area contributed by atoms with Gasteiger partial charge in [-0.2, -0.15) is 0 Å². The van der Waals surface area contributed by atoms with Gasteiger partial charge in [-0.1, -0.05) is 24.3 Å². The number of benzene rings is 2. The summed E-state index contributed by atoms with van der Waals surface area (Å²) in [6, 6.07) is 14.3. The number of aromatic hydroxyl groups is 1. The molecule has 1 fully saturated rings. The van der Waals surface area contributed by atoms with Crippen LogP contribution in [0.4, 0.5) is 5.69 Å². The lowest BCUT2D eigenvalue weighted by Gasteiger charge is -2.24. The van der Waals surface area contributed by atoms with Gasteiger partial charge in [0.05, 0.1) is 19.8 Å². The lowest BCUT2D eigenvalue weighted by Crippen LogP contribution is -3.12. The summed E-state index contributed by atoms with van der Waals surface area (Å²) in [6.45, 7) is 11.5. The highest BCUT2D eigenvalue weighted by Crippen LogP contribution is 2.23. The van der Waals surface area contributed by atoms with Crippen LogP contribution in [0.3, 0.4) is 0 Å². The molecule has 150 valence electrons. The Balaban J connectivity index is 1.66. The van der Waals surface area contributed by atoms with Gasteiger partial charge < -0.3 is 19.6 Å². The summed E-state index contributed by atoms with van der Waals surface area (Å²) < 4.78 is 5.46. The molecule has 0 bridgehead atoms. The van der Waals surface area contributed by atoms with E-state index in [0.717, 1.165) is 57.2 Å². The Kier molecular flexibility index (Phi) is 7.46. The first kappa shape index (κ1) is 20.4. The number of anilines is 1. The first-order chi connectivity index (χ1) is 13.7. The fraction of sp³-hybridized carbons (Fsp3) is 0.435. The van der Waals surface area contributed by atoms with Crippen LogP contribution in [0.1, 0.15) is 30.5 Å². The second kappa shape index (κ2) is 10.2. The number of hydrogen-bond donors (Lipinski definition) is 2. The molecule has 0 unspecified atom stereocenters. The molecule has 3 rings (SSSR count). The van der Waals surface area contributed by atoms with E-state index >= 15 is 0 Å². The minimum Gasteiger partial charge on any atom is -0.507 e. The molecular formula is C23H32N3O2+. The van der Waals surface area contributed by atoms with Crippen molar-refractivity contribution in [3.05, 3.63) is 59.2 Å². The highest BCUT2D eigenvalue weighted by Gasteiger charge is 2.15. The van der Waals surface area contributed by atoms with Crippen molar-refractivity contribution in [3.63, 3.8) is 0 Å². The van der Waals surface area contributed by atoms with Crippen LogP contribution in [0, 0.1) is 0 Å². The number of rotatable bonds is 8. The largest absolute Gasteiger partial charge is 0.507 e. The average molecular weight is 383 g/mol. The summed E-state index contributed by atoms with van der Waals surface area (Å²) in [5.74, 6) is 0.277. The molecule has 2 aromatic rings. The summed E-state index contributed by atoms with van der Waals surface area (Å²) in [6.07, 6.45) is 1.78. The van der Waals surface area contributed by atoms with E-state index in [2.05, 4.69) is 48.0 Å². The Labute approximate surface area is 168 Å². The smallest absolute Gasteiger partial charge is 0.126 e. The summed E-state index contributed by atoms with van der Waals surface area (Å²) in [5.41, 5.74) is 4.39. The highest BCUT2D eigenvalue weighted by molar-refractivity contribution is 5.84. The number of nitrogens with zero attached hydrogens (tertiary/aromatic N) is 2. The van der Waals surface area contributed by atoms with E-state index in [4.69, 9.17) is 4.74 Å². The van der Waals surface area contributed by atoms with Crippen molar-refractivity contribution in [2.24, 2.45) is 4.99 Å². The molecule has 1 aliphatic rings.